The summed E-state index contributed by atoms with van der Waals surface area (Å²) in [4.78, 5) is 0. The minimum atomic E-state index is -2.71. The van der Waals surface area contributed by atoms with E-state index in [4.69, 9.17) is 4.74 Å². The van der Waals surface area contributed by atoms with E-state index in [1.165, 1.54) is 0 Å². The summed E-state index contributed by atoms with van der Waals surface area (Å²) >= 11 is 0. The second-order valence-electron chi connectivity index (χ2n) is 3.52. The molecule has 2 heterocycles. The van der Waals surface area contributed by atoms with Crippen LogP contribution in [0.3, 0.4) is 0 Å². The van der Waals surface area contributed by atoms with Crippen LogP contribution in [0, 0.1) is 0 Å². The molecular formula is C7H12O3S. The first-order valence-corrected chi connectivity index (χ1v) is 5.79. The van der Waals surface area contributed by atoms with Crippen LogP contribution in [-0.4, -0.2) is 32.1 Å². The molecule has 0 atom stereocenters. The third kappa shape index (κ3) is 1.29. The van der Waals surface area contributed by atoms with E-state index >= 15 is 0 Å². The smallest absolute Gasteiger partial charge is 0.156 e. The maximum Gasteiger partial charge on any atom is 0.156 e. The van der Waals surface area contributed by atoms with Gasteiger partial charge in [-0.25, -0.2) is 8.42 Å². The van der Waals surface area contributed by atoms with Gasteiger partial charge in [0.25, 0.3) is 0 Å². The summed E-state index contributed by atoms with van der Waals surface area (Å²) in [7, 11) is -2.71. The van der Waals surface area contributed by atoms with Crippen molar-refractivity contribution in [3.8, 4) is 0 Å². The molecule has 0 radical (unpaired) electrons. The van der Waals surface area contributed by atoms with Crippen LogP contribution in [0.2, 0.25) is 0 Å². The van der Waals surface area contributed by atoms with Gasteiger partial charge >= 0.3 is 0 Å². The van der Waals surface area contributed by atoms with Gasteiger partial charge in [0.15, 0.2) is 9.84 Å². The molecule has 0 saturated carbocycles. The first kappa shape index (κ1) is 7.55. The Hall–Kier alpha value is -0.0900. The van der Waals surface area contributed by atoms with E-state index in [0.29, 0.717) is 0 Å². The van der Waals surface area contributed by atoms with Crippen molar-refractivity contribution in [2.75, 3.05) is 18.1 Å². The summed E-state index contributed by atoms with van der Waals surface area (Å²) in [5.74, 6) is 0.528. The predicted molar refractivity (Wildman–Crippen MR) is 41.2 cm³/mol. The van der Waals surface area contributed by atoms with Crippen molar-refractivity contribution in [2.45, 2.75) is 24.9 Å². The van der Waals surface area contributed by atoms with Crippen LogP contribution in [0.15, 0.2) is 0 Å². The van der Waals surface area contributed by atoms with E-state index in [1.807, 2.05) is 0 Å². The van der Waals surface area contributed by atoms with Gasteiger partial charge < -0.3 is 4.74 Å². The van der Waals surface area contributed by atoms with Crippen molar-refractivity contribution >= 4 is 9.84 Å². The zero-order valence-corrected chi connectivity index (χ0v) is 7.19. The topological polar surface area (TPSA) is 43.4 Å². The van der Waals surface area contributed by atoms with Gasteiger partial charge in [0.05, 0.1) is 17.1 Å². The highest BCUT2D eigenvalue weighted by Gasteiger charge is 2.50. The molecule has 0 aromatic heterocycles. The summed E-state index contributed by atoms with van der Waals surface area (Å²) in [5, 5.41) is 0. The van der Waals surface area contributed by atoms with Gasteiger partial charge in [0.1, 0.15) is 0 Å². The lowest BCUT2D eigenvalue weighted by Crippen LogP contribution is -2.57. The van der Waals surface area contributed by atoms with Crippen molar-refractivity contribution in [1.29, 1.82) is 0 Å². The molecule has 0 aromatic rings. The molecule has 1 spiro atoms. The number of hydrogen-bond acceptors (Lipinski definition) is 3. The Labute approximate surface area is 66.7 Å². The molecule has 3 nitrogen and oxygen atoms in total. The minimum Gasteiger partial charge on any atom is -0.373 e. The Morgan fingerprint density at radius 3 is 2.36 bits per heavy atom. The molecule has 0 unspecified atom stereocenters. The first-order chi connectivity index (χ1) is 5.12. The van der Waals surface area contributed by atoms with Crippen molar-refractivity contribution in [2.24, 2.45) is 0 Å². The lowest BCUT2D eigenvalue weighted by atomic mass is 9.97. The molecule has 2 saturated heterocycles. The normalized spacial score (nSPS) is 33.1. The molecule has 0 aliphatic carbocycles. The number of sulfone groups is 1. The maximum atomic E-state index is 10.9. The largest absolute Gasteiger partial charge is 0.373 e. The summed E-state index contributed by atoms with van der Waals surface area (Å²) in [5.41, 5.74) is -0.253. The molecule has 0 bridgehead atoms. The summed E-state index contributed by atoms with van der Waals surface area (Å²) in [6.07, 6.45) is 3.14. The molecule has 11 heavy (non-hydrogen) atoms. The van der Waals surface area contributed by atoms with Crippen LogP contribution >= 0.6 is 0 Å². The lowest BCUT2D eigenvalue weighted by molar-refractivity contribution is -0.0560. The minimum absolute atomic E-state index is 0.253. The van der Waals surface area contributed by atoms with Gasteiger partial charge in [-0.2, -0.15) is 0 Å². The monoisotopic (exact) mass is 176 g/mol. The predicted octanol–water partition coefficient (Wildman–Crippen LogP) is 0.354. The van der Waals surface area contributed by atoms with Gasteiger partial charge in [-0.05, 0) is 19.3 Å². The van der Waals surface area contributed by atoms with Crippen LogP contribution < -0.4 is 0 Å². The molecular weight excluding hydrogens is 164 g/mol. The quantitative estimate of drug-likeness (QED) is 0.535. The number of hydrogen-bond donors (Lipinski definition) is 0. The van der Waals surface area contributed by atoms with Gasteiger partial charge in [-0.1, -0.05) is 0 Å². The fraction of sp³-hybridized carbons (Fsp3) is 1.00. The van der Waals surface area contributed by atoms with Crippen LogP contribution in [-0.2, 0) is 14.6 Å². The van der Waals surface area contributed by atoms with E-state index in [1.54, 1.807) is 0 Å². The molecule has 2 aliphatic heterocycles. The third-order valence-electron chi connectivity index (χ3n) is 2.40. The van der Waals surface area contributed by atoms with Gasteiger partial charge in [0, 0.05) is 6.61 Å². The van der Waals surface area contributed by atoms with Crippen molar-refractivity contribution in [3.05, 3.63) is 0 Å². The van der Waals surface area contributed by atoms with Crippen LogP contribution in [0.5, 0.6) is 0 Å². The lowest BCUT2D eigenvalue weighted by Gasteiger charge is -2.43. The Morgan fingerprint density at radius 2 is 1.91 bits per heavy atom. The van der Waals surface area contributed by atoms with E-state index in [0.717, 1.165) is 25.9 Å². The standard InChI is InChI=1S/C7H12O3S/c8-11(9)5-7(6-11)3-1-2-4-10-7/h1-6H2. The Morgan fingerprint density at radius 1 is 1.18 bits per heavy atom. The number of rotatable bonds is 0. The summed E-state index contributed by atoms with van der Waals surface area (Å²) < 4.78 is 27.2. The zero-order valence-electron chi connectivity index (χ0n) is 6.38. The van der Waals surface area contributed by atoms with Crippen molar-refractivity contribution < 1.29 is 13.2 Å². The molecule has 0 amide bonds. The van der Waals surface area contributed by atoms with Crippen molar-refractivity contribution in [1.82, 2.24) is 0 Å². The molecule has 2 rings (SSSR count). The SMILES string of the molecule is O=S1(=O)CC2(CCCCO2)C1. The molecule has 4 heteroatoms. The van der Waals surface area contributed by atoms with Crippen LogP contribution in [0.4, 0.5) is 0 Å². The Bertz CT molecular complexity index is 235. The van der Waals surface area contributed by atoms with E-state index in [-0.39, 0.29) is 17.1 Å². The Balaban J connectivity index is 2.05. The number of ether oxygens (including phenoxy) is 1. The van der Waals surface area contributed by atoms with E-state index < -0.39 is 9.84 Å². The summed E-state index contributed by atoms with van der Waals surface area (Å²) in [6, 6.07) is 0. The Kier molecular flexibility index (Phi) is 1.51. The van der Waals surface area contributed by atoms with Crippen molar-refractivity contribution in [3.63, 3.8) is 0 Å². The second-order valence-corrected chi connectivity index (χ2v) is 5.59. The first-order valence-electron chi connectivity index (χ1n) is 3.96. The fourth-order valence-electron chi connectivity index (χ4n) is 1.90. The van der Waals surface area contributed by atoms with E-state index in [2.05, 4.69) is 0 Å². The van der Waals surface area contributed by atoms with E-state index in [9.17, 15) is 8.42 Å². The van der Waals surface area contributed by atoms with Crippen LogP contribution in [0.25, 0.3) is 0 Å². The highest BCUT2D eigenvalue weighted by molar-refractivity contribution is 7.93. The summed E-state index contributed by atoms with van der Waals surface area (Å²) in [6.45, 7) is 0.746. The highest BCUT2D eigenvalue weighted by atomic mass is 32.2. The molecule has 64 valence electrons. The van der Waals surface area contributed by atoms with Gasteiger partial charge in [-0.3, -0.25) is 0 Å². The molecule has 0 aromatic carbocycles. The maximum absolute atomic E-state index is 10.9. The third-order valence-corrected chi connectivity index (χ3v) is 4.33. The zero-order chi connectivity index (χ0) is 7.95. The average Bonchev–Trinajstić information content (AvgIpc) is 1.85. The molecule has 2 aliphatic rings. The van der Waals surface area contributed by atoms with Crippen LogP contribution in [0.1, 0.15) is 19.3 Å². The highest BCUT2D eigenvalue weighted by Crippen LogP contribution is 2.35. The second kappa shape index (κ2) is 2.20. The molecule has 2 fully saturated rings. The fourth-order valence-corrected chi connectivity index (χ4v) is 3.87. The average molecular weight is 176 g/mol. The molecule has 0 N–H and O–H groups in total. The van der Waals surface area contributed by atoms with Gasteiger partial charge in [-0.15, -0.1) is 0 Å². The van der Waals surface area contributed by atoms with Gasteiger partial charge in [0.2, 0.25) is 0 Å².